The molecule has 4 heteroatoms. The smallest absolute Gasteiger partial charge is 0.408 e. The van der Waals surface area contributed by atoms with E-state index in [1.165, 1.54) is 0 Å². The van der Waals surface area contributed by atoms with Crippen LogP contribution in [0, 0.1) is 6.92 Å². The van der Waals surface area contributed by atoms with Crippen LogP contribution in [0.4, 0.5) is 4.79 Å². The van der Waals surface area contributed by atoms with Crippen LogP contribution in [-0.4, -0.2) is 11.7 Å². The number of hydrogen-bond donors (Lipinski definition) is 1. The van der Waals surface area contributed by atoms with Gasteiger partial charge in [-0.25, -0.2) is 4.79 Å². The molecule has 1 heterocycles. The third-order valence-electron chi connectivity index (χ3n) is 2.20. The Bertz CT molecular complexity index is 376. The van der Waals surface area contributed by atoms with Gasteiger partial charge in [-0.3, -0.25) is 0 Å². The summed E-state index contributed by atoms with van der Waals surface area (Å²) in [4.78, 5) is 11.6. The fourth-order valence-corrected chi connectivity index (χ4v) is 1.46. The van der Waals surface area contributed by atoms with Gasteiger partial charge in [0.05, 0.1) is 6.04 Å². The molecule has 0 fully saturated rings. The van der Waals surface area contributed by atoms with Crippen molar-refractivity contribution < 1.29 is 13.9 Å². The lowest BCUT2D eigenvalue weighted by molar-refractivity contribution is 0.0495. The SMILES string of the molecule is CCC(NC(=O)OC(C)(C)C)c1ccc(C)o1. The van der Waals surface area contributed by atoms with Gasteiger partial charge in [-0.15, -0.1) is 0 Å². The van der Waals surface area contributed by atoms with E-state index in [4.69, 9.17) is 9.15 Å². The Kier molecular flexibility index (Phi) is 4.21. The van der Waals surface area contributed by atoms with Crippen LogP contribution in [0.1, 0.15) is 51.7 Å². The highest BCUT2D eigenvalue weighted by atomic mass is 16.6. The zero-order valence-corrected chi connectivity index (χ0v) is 11.2. The van der Waals surface area contributed by atoms with Crippen molar-refractivity contribution in [2.45, 2.75) is 52.7 Å². The Morgan fingerprint density at radius 3 is 2.53 bits per heavy atom. The van der Waals surface area contributed by atoms with E-state index in [2.05, 4.69) is 5.32 Å². The minimum absolute atomic E-state index is 0.140. The minimum Gasteiger partial charge on any atom is -0.464 e. The van der Waals surface area contributed by atoms with Crippen molar-refractivity contribution in [1.29, 1.82) is 0 Å². The normalized spacial score (nSPS) is 13.2. The Balaban J connectivity index is 2.62. The molecule has 0 spiro atoms. The van der Waals surface area contributed by atoms with Crippen LogP contribution in [0.25, 0.3) is 0 Å². The van der Waals surface area contributed by atoms with Gasteiger partial charge in [0.25, 0.3) is 0 Å². The van der Waals surface area contributed by atoms with Gasteiger partial charge in [0.2, 0.25) is 0 Å². The second-order valence-corrected chi connectivity index (χ2v) is 5.06. The molecular formula is C13H21NO3. The molecule has 17 heavy (non-hydrogen) atoms. The predicted molar refractivity (Wildman–Crippen MR) is 65.8 cm³/mol. The van der Waals surface area contributed by atoms with Gasteiger partial charge in [0, 0.05) is 0 Å². The van der Waals surface area contributed by atoms with Gasteiger partial charge in [0.1, 0.15) is 17.1 Å². The highest BCUT2D eigenvalue weighted by Crippen LogP contribution is 2.19. The summed E-state index contributed by atoms with van der Waals surface area (Å²) in [7, 11) is 0. The molecule has 1 unspecified atom stereocenters. The molecule has 1 atom stereocenters. The molecule has 0 radical (unpaired) electrons. The van der Waals surface area contributed by atoms with Crippen molar-refractivity contribution in [1.82, 2.24) is 5.32 Å². The van der Waals surface area contributed by atoms with Crippen molar-refractivity contribution >= 4 is 6.09 Å². The third kappa shape index (κ3) is 4.51. The first-order chi connectivity index (χ1) is 7.81. The Morgan fingerprint density at radius 1 is 1.47 bits per heavy atom. The summed E-state index contributed by atoms with van der Waals surface area (Å²) in [5.41, 5.74) is -0.485. The van der Waals surface area contributed by atoms with Gasteiger partial charge in [0.15, 0.2) is 0 Å². The number of rotatable bonds is 3. The molecule has 0 saturated heterocycles. The van der Waals surface area contributed by atoms with E-state index in [-0.39, 0.29) is 6.04 Å². The summed E-state index contributed by atoms with van der Waals surface area (Å²) >= 11 is 0. The molecule has 4 nitrogen and oxygen atoms in total. The monoisotopic (exact) mass is 239 g/mol. The topological polar surface area (TPSA) is 51.5 Å². The molecule has 0 aromatic carbocycles. The zero-order valence-electron chi connectivity index (χ0n) is 11.2. The first-order valence-corrected chi connectivity index (χ1v) is 5.87. The molecule has 1 N–H and O–H groups in total. The molecule has 0 aliphatic rings. The first-order valence-electron chi connectivity index (χ1n) is 5.87. The summed E-state index contributed by atoms with van der Waals surface area (Å²) < 4.78 is 10.7. The van der Waals surface area contributed by atoms with E-state index in [1.807, 2.05) is 46.8 Å². The molecular weight excluding hydrogens is 218 g/mol. The van der Waals surface area contributed by atoms with E-state index in [0.29, 0.717) is 0 Å². The van der Waals surface area contributed by atoms with Crippen LogP contribution in [-0.2, 0) is 4.74 Å². The van der Waals surface area contributed by atoms with Crippen LogP contribution < -0.4 is 5.32 Å². The summed E-state index contributed by atoms with van der Waals surface area (Å²) in [6.07, 6.45) is 0.338. The van der Waals surface area contributed by atoms with Crippen molar-refractivity contribution in [3.05, 3.63) is 23.7 Å². The second kappa shape index (κ2) is 5.25. The Labute approximate surface area is 102 Å². The maximum atomic E-state index is 11.6. The van der Waals surface area contributed by atoms with Crippen LogP contribution in [0.5, 0.6) is 0 Å². The van der Waals surface area contributed by atoms with Crippen LogP contribution >= 0.6 is 0 Å². The molecule has 96 valence electrons. The lowest BCUT2D eigenvalue weighted by atomic mass is 10.2. The molecule has 1 rings (SSSR count). The minimum atomic E-state index is -0.485. The van der Waals surface area contributed by atoms with E-state index >= 15 is 0 Å². The average molecular weight is 239 g/mol. The Hall–Kier alpha value is -1.45. The molecule has 0 saturated carbocycles. The standard InChI is InChI=1S/C13H21NO3/c1-6-10(11-8-7-9(2)16-11)14-12(15)17-13(3,4)5/h7-8,10H,6H2,1-5H3,(H,14,15). The zero-order chi connectivity index (χ0) is 13.1. The van der Waals surface area contributed by atoms with Crippen molar-refractivity contribution in [3.63, 3.8) is 0 Å². The molecule has 0 bridgehead atoms. The van der Waals surface area contributed by atoms with Gasteiger partial charge >= 0.3 is 6.09 Å². The fraction of sp³-hybridized carbons (Fsp3) is 0.615. The number of carbonyl (C=O) groups is 1. The van der Waals surface area contributed by atoms with Crippen molar-refractivity contribution in [3.8, 4) is 0 Å². The number of nitrogens with one attached hydrogen (secondary N) is 1. The number of furan rings is 1. The van der Waals surface area contributed by atoms with Gasteiger partial charge in [-0.1, -0.05) is 6.92 Å². The van der Waals surface area contributed by atoms with Crippen molar-refractivity contribution in [2.24, 2.45) is 0 Å². The van der Waals surface area contributed by atoms with E-state index < -0.39 is 11.7 Å². The van der Waals surface area contributed by atoms with Crippen LogP contribution in [0.2, 0.25) is 0 Å². The van der Waals surface area contributed by atoms with E-state index in [0.717, 1.165) is 17.9 Å². The number of hydrogen-bond acceptors (Lipinski definition) is 3. The van der Waals surface area contributed by atoms with Gasteiger partial charge in [-0.05, 0) is 46.2 Å². The highest BCUT2D eigenvalue weighted by molar-refractivity contribution is 5.68. The van der Waals surface area contributed by atoms with Crippen LogP contribution in [0.15, 0.2) is 16.5 Å². The Morgan fingerprint density at radius 2 is 2.12 bits per heavy atom. The quantitative estimate of drug-likeness (QED) is 0.877. The van der Waals surface area contributed by atoms with Gasteiger partial charge < -0.3 is 14.5 Å². The molecule has 1 amide bonds. The van der Waals surface area contributed by atoms with E-state index in [1.54, 1.807) is 0 Å². The maximum Gasteiger partial charge on any atom is 0.408 e. The number of aryl methyl sites for hydroxylation is 1. The lowest BCUT2D eigenvalue weighted by Crippen LogP contribution is -2.34. The first kappa shape index (κ1) is 13.6. The third-order valence-corrected chi connectivity index (χ3v) is 2.20. The number of amides is 1. The number of ether oxygens (including phenoxy) is 1. The summed E-state index contributed by atoms with van der Waals surface area (Å²) in [6.45, 7) is 9.38. The lowest BCUT2D eigenvalue weighted by Gasteiger charge is -2.22. The number of alkyl carbamates (subject to hydrolysis) is 1. The summed E-state index contributed by atoms with van der Waals surface area (Å²) in [5.74, 6) is 1.60. The van der Waals surface area contributed by atoms with Gasteiger partial charge in [-0.2, -0.15) is 0 Å². The maximum absolute atomic E-state index is 11.6. The highest BCUT2D eigenvalue weighted by Gasteiger charge is 2.21. The predicted octanol–water partition coefficient (Wildman–Crippen LogP) is 3.56. The van der Waals surface area contributed by atoms with E-state index in [9.17, 15) is 4.79 Å². The van der Waals surface area contributed by atoms with Crippen molar-refractivity contribution in [2.75, 3.05) is 0 Å². The molecule has 1 aromatic heterocycles. The number of carbonyl (C=O) groups excluding carboxylic acids is 1. The fourth-order valence-electron chi connectivity index (χ4n) is 1.46. The summed E-state index contributed by atoms with van der Waals surface area (Å²) in [6, 6.07) is 3.62. The average Bonchev–Trinajstić information content (AvgIpc) is 2.58. The second-order valence-electron chi connectivity index (χ2n) is 5.06. The molecule has 0 aliphatic heterocycles. The molecule has 0 aliphatic carbocycles. The van der Waals surface area contributed by atoms with Crippen LogP contribution in [0.3, 0.4) is 0 Å². The summed E-state index contributed by atoms with van der Waals surface area (Å²) in [5, 5.41) is 2.80. The molecule has 1 aromatic rings. The largest absolute Gasteiger partial charge is 0.464 e.